The molecule has 2 N–H and O–H groups in total. The minimum absolute atomic E-state index is 0.446. The summed E-state index contributed by atoms with van der Waals surface area (Å²) in [6.45, 7) is 5.53. The lowest BCUT2D eigenvalue weighted by Gasteiger charge is -2.48. The molecule has 192 valence electrons. The molecule has 0 unspecified atom stereocenters. The zero-order valence-corrected chi connectivity index (χ0v) is 18.0. The number of carboxylic acids is 2. The van der Waals surface area contributed by atoms with Crippen molar-refractivity contribution in [2.24, 2.45) is 5.41 Å². The maximum atomic E-state index is 10.6. The van der Waals surface area contributed by atoms with Crippen LogP contribution < -0.4 is 4.90 Å². The van der Waals surface area contributed by atoms with Crippen molar-refractivity contribution in [1.29, 1.82) is 0 Å². The number of aliphatic carboxylic acids is 2. The van der Waals surface area contributed by atoms with E-state index in [1.54, 1.807) is 0 Å². The molecule has 2 aromatic heterocycles. The number of rotatable bonds is 3. The zero-order valence-electron chi connectivity index (χ0n) is 18.0. The topological polar surface area (TPSA) is 120 Å². The molecule has 2 aliphatic rings. The number of halogens is 6. The summed E-state index contributed by atoms with van der Waals surface area (Å²) in [4.78, 5) is 35.5. The van der Waals surface area contributed by atoms with Crippen molar-refractivity contribution < 1.29 is 46.1 Å². The molecular weight excluding hydrogens is 488 g/mol. The number of hydrogen-bond donors (Lipinski definition) is 2. The van der Waals surface area contributed by atoms with E-state index in [1.807, 2.05) is 36.9 Å². The van der Waals surface area contributed by atoms with E-state index >= 15 is 0 Å². The minimum atomic E-state index is -5.08. The summed E-state index contributed by atoms with van der Waals surface area (Å²) in [5.74, 6) is -4.64. The summed E-state index contributed by atoms with van der Waals surface area (Å²) in [6, 6.07) is 6.03. The number of nitrogens with zero attached hydrogens (tertiary/aromatic N) is 5. The van der Waals surface area contributed by atoms with Gasteiger partial charge in [-0.1, -0.05) is 6.07 Å². The van der Waals surface area contributed by atoms with E-state index in [0.717, 1.165) is 25.6 Å². The molecule has 0 aliphatic carbocycles. The molecule has 2 aromatic rings. The van der Waals surface area contributed by atoms with Crippen LogP contribution in [0.1, 0.15) is 12.0 Å². The molecule has 4 heterocycles. The number of anilines is 1. The predicted molar refractivity (Wildman–Crippen MR) is 108 cm³/mol. The fraction of sp³-hybridized carbons (Fsp3) is 0.450. The van der Waals surface area contributed by atoms with Crippen LogP contribution in [0, 0.1) is 5.41 Å². The molecule has 2 fully saturated rings. The summed E-state index contributed by atoms with van der Waals surface area (Å²) in [7, 11) is 0. The van der Waals surface area contributed by atoms with E-state index in [0.29, 0.717) is 5.41 Å². The minimum Gasteiger partial charge on any atom is -0.475 e. The van der Waals surface area contributed by atoms with Gasteiger partial charge in [0, 0.05) is 56.4 Å². The molecule has 15 heteroatoms. The quantitative estimate of drug-likeness (QED) is 0.602. The number of hydrogen-bond acceptors (Lipinski definition) is 7. The number of carbonyl (C=O) groups is 2. The molecule has 2 saturated heterocycles. The van der Waals surface area contributed by atoms with E-state index in [1.165, 1.54) is 25.1 Å². The van der Waals surface area contributed by atoms with E-state index in [2.05, 4.69) is 30.8 Å². The van der Waals surface area contributed by atoms with Crippen LogP contribution in [0.25, 0.3) is 0 Å². The van der Waals surface area contributed by atoms with Crippen molar-refractivity contribution >= 4 is 17.9 Å². The third-order valence-electron chi connectivity index (χ3n) is 5.02. The summed E-state index contributed by atoms with van der Waals surface area (Å²) in [5, 5.41) is 14.2. The Hall–Kier alpha value is -3.49. The van der Waals surface area contributed by atoms with Gasteiger partial charge in [0.25, 0.3) is 0 Å². The van der Waals surface area contributed by atoms with Crippen LogP contribution in [-0.4, -0.2) is 80.5 Å². The monoisotopic (exact) mass is 509 g/mol. The number of carboxylic acid groups (broad SMARTS) is 2. The molecular formula is C20H21F6N5O4. The molecule has 0 radical (unpaired) electrons. The van der Waals surface area contributed by atoms with Gasteiger partial charge in [-0.05, 0) is 30.7 Å². The second-order valence-electron chi connectivity index (χ2n) is 7.83. The highest BCUT2D eigenvalue weighted by Gasteiger charge is 2.48. The summed E-state index contributed by atoms with van der Waals surface area (Å²) in [5.41, 5.74) is 1.75. The first kappa shape index (κ1) is 27.8. The standard InChI is InChI=1S/C16H19N5.2C2HF3O2/c1-3-14(9-17-5-1)10-20-8-4-16(11-20)12-21(13-16)15-18-6-2-7-19-15;2*3-2(4,5)1(6)7/h1-3,5-7,9H,4,8,10-13H2;2*(H,6,7). The Balaban J connectivity index is 0.000000257. The maximum Gasteiger partial charge on any atom is 0.490 e. The lowest BCUT2D eigenvalue weighted by molar-refractivity contribution is -0.193. The molecule has 0 aromatic carbocycles. The van der Waals surface area contributed by atoms with Crippen molar-refractivity contribution in [2.45, 2.75) is 25.3 Å². The highest BCUT2D eigenvalue weighted by Crippen LogP contribution is 2.41. The first-order chi connectivity index (χ1) is 16.2. The van der Waals surface area contributed by atoms with E-state index in [9.17, 15) is 26.3 Å². The highest BCUT2D eigenvalue weighted by atomic mass is 19.4. The van der Waals surface area contributed by atoms with Gasteiger partial charge in [0.2, 0.25) is 5.95 Å². The van der Waals surface area contributed by atoms with E-state index in [4.69, 9.17) is 19.8 Å². The van der Waals surface area contributed by atoms with Crippen LogP contribution in [-0.2, 0) is 16.1 Å². The van der Waals surface area contributed by atoms with E-state index < -0.39 is 24.3 Å². The van der Waals surface area contributed by atoms with Gasteiger partial charge in [0.05, 0.1) is 0 Å². The molecule has 2 aliphatic heterocycles. The molecule has 0 amide bonds. The molecule has 35 heavy (non-hydrogen) atoms. The van der Waals surface area contributed by atoms with Gasteiger partial charge >= 0.3 is 24.3 Å². The summed E-state index contributed by atoms with van der Waals surface area (Å²) in [6.07, 6.45) is -1.46. The zero-order chi connectivity index (χ0) is 26.3. The second-order valence-corrected chi connectivity index (χ2v) is 7.83. The lowest BCUT2D eigenvalue weighted by atomic mass is 9.79. The van der Waals surface area contributed by atoms with Crippen LogP contribution in [0.4, 0.5) is 32.3 Å². The van der Waals surface area contributed by atoms with Crippen LogP contribution in [0.15, 0.2) is 43.0 Å². The fourth-order valence-corrected chi connectivity index (χ4v) is 3.53. The maximum absolute atomic E-state index is 10.6. The average Bonchev–Trinajstić information content (AvgIpc) is 3.18. The normalized spacial score (nSPS) is 16.9. The van der Waals surface area contributed by atoms with E-state index in [-0.39, 0.29) is 0 Å². The Labute approximate surface area is 195 Å². The van der Waals surface area contributed by atoms with Crippen molar-refractivity contribution in [2.75, 3.05) is 31.1 Å². The second kappa shape index (κ2) is 11.3. The van der Waals surface area contributed by atoms with Gasteiger partial charge in [0.15, 0.2) is 0 Å². The molecule has 0 saturated carbocycles. The molecule has 4 rings (SSSR count). The molecule has 9 nitrogen and oxygen atoms in total. The Morgan fingerprint density at radius 2 is 1.46 bits per heavy atom. The fourth-order valence-electron chi connectivity index (χ4n) is 3.53. The number of aromatic nitrogens is 3. The van der Waals surface area contributed by atoms with Crippen molar-refractivity contribution in [3.8, 4) is 0 Å². The first-order valence-corrected chi connectivity index (χ1v) is 9.95. The Morgan fingerprint density at radius 3 is 1.91 bits per heavy atom. The van der Waals surface area contributed by atoms with Gasteiger partial charge < -0.3 is 15.1 Å². The van der Waals surface area contributed by atoms with Gasteiger partial charge in [-0.25, -0.2) is 19.6 Å². The lowest BCUT2D eigenvalue weighted by Crippen LogP contribution is -2.58. The number of alkyl halides is 6. The van der Waals surface area contributed by atoms with Crippen molar-refractivity contribution in [3.63, 3.8) is 0 Å². The van der Waals surface area contributed by atoms with Crippen LogP contribution >= 0.6 is 0 Å². The average molecular weight is 509 g/mol. The van der Waals surface area contributed by atoms with Crippen molar-refractivity contribution in [1.82, 2.24) is 19.9 Å². The Kier molecular flexibility index (Phi) is 8.95. The smallest absolute Gasteiger partial charge is 0.475 e. The Bertz CT molecular complexity index is 945. The van der Waals surface area contributed by atoms with Gasteiger partial charge in [-0.2, -0.15) is 26.3 Å². The Morgan fingerprint density at radius 1 is 0.914 bits per heavy atom. The van der Waals surface area contributed by atoms with Gasteiger partial charge in [0.1, 0.15) is 0 Å². The predicted octanol–water partition coefficient (Wildman–Crippen LogP) is 2.85. The van der Waals surface area contributed by atoms with Crippen LogP contribution in [0.2, 0.25) is 0 Å². The third kappa shape index (κ3) is 8.66. The van der Waals surface area contributed by atoms with Gasteiger partial charge in [-0.15, -0.1) is 0 Å². The summed E-state index contributed by atoms with van der Waals surface area (Å²) < 4.78 is 63.5. The van der Waals surface area contributed by atoms with Crippen LogP contribution in [0.5, 0.6) is 0 Å². The first-order valence-electron chi connectivity index (χ1n) is 9.95. The third-order valence-corrected chi connectivity index (χ3v) is 5.02. The van der Waals surface area contributed by atoms with Crippen molar-refractivity contribution in [3.05, 3.63) is 48.5 Å². The summed E-state index contributed by atoms with van der Waals surface area (Å²) >= 11 is 0. The number of pyridine rings is 1. The molecule has 0 bridgehead atoms. The molecule has 1 spiro atoms. The SMILES string of the molecule is O=C(O)C(F)(F)F.O=C(O)C(F)(F)F.c1cnc(N2CC3(CCN(Cc4cccnc4)C3)C2)nc1. The largest absolute Gasteiger partial charge is 0.490 e. The highest BCUT2D eigenvalue weighted by molar-refractivity contribution is 5.73. The van der Waals surface area contributed by atoms with Gasteiger partial charge in [-0.3, -0.25) is 9.88 Å². The molecule has 0 atom stereocenters. The number of likely N-dealkylation sites (tertiary alicyclic amines) is 1. The van der Waals surface area contributed by atoms with Crippen LogP contribution in [0.3, 0.4) is 0 Å².